The molecule has 2 N–H and O–H groups in total. The summed E-state index contributed by atoms with van der Waals surface area (Å²) in [6, 6.07) is 7.23. The Morgan fingerprint density at radius 3 is 2.62 bits per heavy atom. The summed E-state index contributed by atoms with van der Waals surface area (Å²) >= 11 is 1.17. The maximum absolute atomic E-state index is 11.6. The summed E-state index contributed by atoms with van der Waals surface area (Å²) in [4.78, 5) is 15.8. The van der Waals surface area contributed by atoms with Crippen molar-refractivity contribution in [1.29, 1.82) is 0 Å². The van der Waals surface area contributed by atoms with E-state index in [0.717, 1.165) is 5.56 Å². The van der Waals surface area contributed by atoms with Gasteiger partial charge in [-0.3, -0.25) is 0 Å². The van der Waals surface area contributed by atoms with E-state index in [2.05, 4.69) is 4.98 Å². The van der Waals surface area contributed by atoms with Crippen LogP contribution >= 0.6 is 11.3 Å². The minimum atomic E-state index is -0.469. The lowest BCUT2D eigenvalue weighted by atomic mass is 10.2. The van der Waals surface area contributed by atoms with E-state index in [1.54, 1.807) is 12.1 Å². The number of aromatic nitrogens is 1. The average Bonchev–Trinajstić information content (AvgIpc) is 2.68. The Bertz CT molecular complexity index is 505. The number of carbonyl (C=O) groups excluding carboxylic acids is 1. The van der Waals surface area contributed by atoms with Crippen LogP contribution in [-0.2, 0) is 0 Å². The van der Waals surface area contributed by atoms with Gasteiger partial charge in [0.1, 0.15) is 11.6 Å². The summed E-state index contributed by atoms with van der Waals surface area (Å²) in [6.45, 7) is 1.97. The van der Waals surface area contributed by atoms with E-state index in [-0.39, 0.29) is 5.82 Å². The zero-order chi connectivity index (χ0) is 11.5. The molecule has 0 bridgehead atoms. The van der Waals surface area contributed by atoms with Crippen molar-refractivity contribution in [3.05, 3.63) is 40.2 Å². The molecule has 0 aliphatic carbocycles. The molecule has 0 aliphatic heterocycles. The zero-order valence-electron chi connectivity index (χ0n) is 8.64. The quantitative estimate of drug-likeness (QED) is 0.639. The SMILES string of the molecule is Cc1ccc(OC(=O)c2scnc2N)cc1. The van der Waals surface area contributed by atoms with Crippen LogP contribution in [0.3, 0.4) is 0 Å². The van der Waals surface area contributed by atoms with E-state index in [4.69, 9.17) is 10.5 Å². The molecular weight excluding hydrogens is 224 g/mol. The number of aryl methyl sites for hydroxylation is 1. The van der Waals surface area contributed by atoms with Crippen molar-refractivity contribution in [2.24, 2.45) is 0 Å². The summed E-state index contributed by atoms with van der Waals surface area (Å²) in [5.41, 5.74) is 8.14. The van der Waals surface area contributed by atoms with Gasteiger partial charge in [0, 0.05) is 0 Å². The molecule has 4 nitrogen and oxygen atoms in total. The van der Waals surface area contributed by atoms with Gasteiger partial charge in [0.05, 0.1) is 5.51 Å². The van der Waals surface area contributed by atoms with E-state index in [1.165, 1.54) is 16.8 Å². The maximum Gasteiger partial charge on any atom is 0.357 e. The largest absolute Gasteiger partial charge is 0.422 e. The number of rotatable bonds is 2. The van der Waals surface area contributed by atoms with Crippen LogP contribution in [-0.4, -0.2) is 11.0 Å². The average molecular weight is 234 g/mol. The van der Waals surface area contributed by atoms with Gasteiger partial charge in [-0.15, -0.1) is 11.3 Å². The molecule has 1 heterocycles. The van der Waals surface area contributed by atoms with E-state index in [0.29, 0.717) is 10.6 Å². The van der Waals surface area contributed by atoms with Crippen LogP contribution in [0, 0.1) is 6.92 Å². The van der Waals surface area contributed by atoms with Gasteiger partial charge in [0.25, 0.3) is 0 Å². The second kappa shape index (κ2) is 4.32. The van der Waals surface area contributed by atoms with Crippen molar-refractivity contribution in [3.8, 4) is 5.75 Å². The fourth-order valence-corrected chi connectivity index (χ4v) is 1.75. The van der Waals surface area contributed by atoms with Crippen molar-refractivity contribution in [3.63, 3.8) is 0 Å². The van der Waals surface area contributed by atoms with E-state index >= 15 is 0 Å². The van der Waals surface area contributed by atoms with Crippen LogP contribution in [0.25, 0.3) is 0 Å². The summed E-state index contributed by atoms with van der Waals surface area (Å²) in [5, 5.41) is 0. The molecule has 0 saturated heterocycles. The van der Waals surface area contributed by atoms with Gasteiger partial charge in [-0.2, -0.15) is 0 Å². The number of benzene rings is 1. The zero-order valence-corrected chi connectivity index (χ0v) is 9.45. The van der Waals surface area contributed by atoms with Crippen LogP contribution < -0.4 is 10.5 Å². The monoisotopic (exact) mass is 234 g/mol. The Hall–Kier alpha value is -1.88. The second-order valence-corrected chi connectivity index (χ2v) is 4.12. The highest BCUT2D eigenvalue weighted by molar-refractivity contribution is 7.12. The van der Waals surface area contributed by atoms with Gasteiger partial charge in [0.15, 0.2) is 4.88 Å². The number of nitrogens with zero attached hydrogens (tertiary/aromatic N) is 1. The number of thiazole rings is 1. The Balaban J connectivity index is 2.14. The van der Waals surface area contributed by atoms with Crippen molar-refractivity contribution in [1.82, 2.24) is 4.98 Å². The first-order valence-corrected chi connectivity index (χ1v) is 5.52. The molecule has 1 aromatic carbocycles. The number of esters is 1. The van der Waals surface area contributed by atoms with E-state index in [9.17, 15) is 4.79 Å². The number of ether oxygens (including phenoxy) is 1. The van der Waals surface area contributed by atoms with Crippen molar-refractivity contribution in [2.45, 2.75) is 6.92 Å². The second-order valence-electron chi connectivity index (χ2n) is 3.27. The number of nitrogens with two attached hydrogens (primary N) is 1. The minimum Gasteiger partial charge on any atom is -0.422 e. The number of hydrogen-bond acceptors (Lipinski definition) is 5. The molecule has 0 atom stereocenters. The highest BCUT2D eigenvalue weighted by atomic mass is 32.1. The first-order chi connectivity index (χ1) is 7.66. The maximum atomic E-state index is 11.6. The number of nitrogen functional groups attached to an aromatic ring is 1. The predicted octanol–water partition coefficient (Wildman–Crippen LogP) is 2.25. The number of anilines is 1. The number of hydrogen-bond donors (Lipinski definition) is 1. The van der Waals surface area contributed by atoms with Crippen LogP contribution in [0.5, 0.6) is 5.75 Å². The third-order valence-corrected chi connectivity index (χ3v) is 2.83. The van der Waals surface area contributed by atoms with Gasteiger partial charge in [-0.25, -0.2) is 9.78 Å². The van der Waals surface area contributed by atoms with Gasteiger partial charge < -0.3 is 10.5 Å². The summed E-state index contributed by atoms with van der Waals surface area (Å²) < 4.78 is 5.15. The molecule has 0 aliphatic rings. The smallest absolute Gasteiger partial charge is 0.357 e. The minimum absolute atomic E-state index is 0.210. The molecule has 0 amide bonds. The lowest BCUT2D eigenvalue weighted by Gasteiger charge is -2.02. The van der Waals surface area contributed by atoms with Crippen molar-refractivity contribution < 1.29 is 9.53 Å². The number of carbonyl (C=O) groups is 1. The Morgan fingerprint density at radius 1 is 1.38 bits per heavy atom. The first-order valence-electron chi connectivity index (χ1n) is 4.64. The Morgan fingerprint density at radius 2 is 2.06 bits per heavy atom. The van der Waals surface area contributed by atoms with Gasteiger partial charge in [-0.1, -0.05) is 17.7 Å². The molecule has 5 heteroatoms. The van der Waals surface area contributed by atoms with Crippen molar-refractivity contribution >= 4 is 23.1 Å². The summed E-state index contributed by atoms with van der Waals surface area (Å²) in [7, 11) is 0. The molecule has 1 aromatic heterocycles. The molecule has 2 aromatic rings. The molecule has 16 heavy (non-hydrogen) atoms. The summed E-state index contributed by atoms with van der Waals surface area (Å²) in [6.07, 6.45) is 0. The molecule has 2 rings (SSSR count). The molecule has 82 valence electrons. The fourth-order valence-electron chi connectivity index (χ4n) is 1.17. The van der Waals surface area contributed by atoms with Gasteiger partial charge in [-0.05, 0) is 19.1 Å². The van der Waals surface area contributed by atoms with E-state index in [1.807, 2.05) is 19.1 Å². The van der Waals surface area contributed by atoms with Gasteiger partial charge >= 0.3 is 5.97 Å². The lowest BCUT2D eigenvalue weighted by Crippen LogP contribution is -2.08. The predicted molar refractivity (Wildman–Crippen MR) is 62.7 cm³/mol. The Labute approximate surface area is 96.7 Å². The molecule has 0 fully saturated rings. The van der Waals surface area contributed by atoms with Crippen LogP contribution in [0.4, 0.5) is 5.82 Å². The highest BCUT2D eigenvalue weighted by Crippen LogP contribution is 2.19. The van der Waals surface area contributed by atoms with Crippen molar-refractivity contribution in [2.75, 3.05) is 5.73 Å². The molecule has 0 radical (unpaired) electrons. The highest BCUT2D eigenvalue weighted by Gasteiger charge is 2.14. The molecular formula is C11H10N2O2S. The molecule has 0 saturated carbocycles. The van der Waals surface area contributed by atoms with Gasteiger partial charge in [0.2, 0.25) is 0 Å². The normalized spacial score (nSPS) is 10.1. The van der Waals surface area contributed by atoms with Crippen LogP contribution in [0.15, 0.2) is 29.8 Å². The Kier molecular flexibility index (Phi) is 2.87. The third-order valence-electron chi connectivity index (χ3n) is 2.01. The standard InChI is InChI=1S/C11H10N2O2S/c1-7-2-4-8(5-3-7)15-11(14)9-10(12)13-6-16-9/h2-6H,12H2,1H3. The van der Waals surface area contributed by atoms with Crippen LogP contribution in [0.1, 0.15) is 15.2 Å². The molecule has 0 spiro atoms. The van der Waals surface area contributed by atoms with Crippen LogP contribution in [0.2, 0.25) is 0 Å². The lowest BCUT2D eigenvalue weighted by molar-refractivity contribution is 0.0740. The first kappa shape index (κ1) is 10.6. The third kappa shape index (κ3) is 2.20. The molecule has 0 unspecified atom stereocenters. The fraction of sp³-hybridized carbons (Fsp3) is 0.0909. The summed E-state index contributed by atoms with van der Waals surface area (Å²) in [5.74, 6) is 0.245. The topological polar surface area (TPSA) is 65.2 Å². The van der Waals surface area contributed by atoms with E-state index < -0.39 is 5.97 Å².